The van der Waals surface area contributed by atoms with Gasteiger partial charge in [-0.05, 0) is 12.0 Å². The average molecular weight is 199 g/mol. The first-order valence-corrected chi connectivity index (χ1v) is 4.91. The van der Waals surface area contributed by atoms with Crippen LogP contribution < -0.4 is 5.73 Å². The summed E-state index contributed by atoms with van der Waals surface area (Å²) in [5.74, 6) is 0. The van der Waals surface area contributed by atoms with Gasteiger partial charge in [-0.2, -0.15) is 0 Å². The number of aromatic nitrogens is 2. The van der Waals surface area contributed by atoms with Crippen molar-refractivity contribution in [2.45, 2.75) is 12.5 Å². The van der Waals surface area contributed by atoms with Gasteiger partial charge in [0, 0.05) is 18.6 Å². The highest BCUT2D eigenvalue weighted by Gasteiger charge is 2.07. The molecule has 76 valence electrons. The third-order valence-corrected chi connectivity index (χ3v) is 2.26. The molecular weight excluding hydrogens is 186 g/mol. The molecule has 2 rings (SSSR count). The molecule has 0 saturated heterocycles. The maximum atomic E-state index is 6.02. The predicted molar refractivity (Wildman–Crippen MR) is 59.1 cm³/mol. The highest BCUT2D eigenvalue weighted by molar-refractivity contribution is 5.17. The second-order valence-electron chi connectivity index (χ2n) is 3.43. The van der Waals surface area contributed by atoms with E-state index in [4.69, 9.17) is 5.73 Å². The highest BCUT2D eigenvalue weighted by atomic mass is 14.8. The first-order valence-electron chi connectivity index (χ1n) is 4.91. The van der Waals surface area contributed by atoms with Crippen molar-refractivity contribution in [1.29, 1.82) is 0 Å². The third kappa shape index (κ3) is 2.60. The van der Waals surface area contributed by atoms with Gasteiger partial charge in [-0.15, -0.1) is 0 Å². The lowest BCUT2D eigenvalue weighted by Crippen LogP contribution is -2.14. The van der Waals surface area contributed by atoms with Gasteiger partial charge in [0.05, 0.1) is 11.7 Å². The van der Waals surface area contributed by atoms with Crippen LogP contribution in [0.4, 0.5) is 0 Å². The molecule has 0 radical (unpaired) electrons. The molecule has 0 aliphatic carbocycles. The molecule has 2 N–H and O–H groups in total. The normalized spacial score (nSPS) is 12.3. The van der Waals surface area contributed by atoms with E-state index in [1.54, 1.807) is 18.6 Å². The van der Waals surface area contributed by atoms with Gasteiger partial charge in [-0.25, -0.2) is 0 Å². The Morgan fingerprint density at radius 2 is 1.93 bits per heavy atom. The van der Waals surface area contributed by atoms with Crippen LogP contribution in [0.15, 0.2) is 48.9 Å². The molecule has 3 heteroatoms. The van der Waals surface area contributed by atoms with Crippen molar-refractivity contribution in [3.63, 3.8) is 0 Å². The van der Waals surface area contributed by atoms with E-state index in [9.17, 15) is 0 Å². The fraction of sp³-hybridized carbons (Fsp3) is 0.167. The topological polar surface area (TPSA) is 51.8 Å². The monoisotopic (exact) mass is 199 g/mol. The molecule has 0 aliphatic rings. The Labute approximate surface area is 89.0 Å². The van der Waals surface area contributed by atoms with Crippen LogP contribution in [-0.4, -0.2) is 9.97 Å². The summed E-state index contributed by atoms with van der Waals surface area (Å²) in [6.07, 6.45) is 5.83. The average Bonchev–Trinajstić information content (AvgIpc) is 2.31. The summed E-state index contributed by atoms with van der Waals surface area (Å²) in [6, 6.07) is 10.1. The Balaban J connectivity index is 2.08. The molecule has 1 aromatic heterocycles. The van der Waals surface area contributed by atoms with Crippen LogP contribution in [0.2, 0.25) is 0 Å². The van der Waals surface area contributed by atoms with Crippen molar-refractivity contribution in [2.75, 3.05) is 0 Å². The van der Waals surface area contributed by atoms with E-state index >= 15 is 0 Å². The second kappa shape index (κ2) is 4.66. The maximum Gasteiger partial charge on any atom is 0.0757 e. The summed E-state index contributed by atoms with van der Waals surface area (Å²) >= 11 is 0. The first kappa shape index (κ1) is 9.80. The minimum Gasteiger partial charge on any atom is -0.322 e. The quantitative estimate of drug-likeness (QED) is 0.818. The van der Waals surface area contributed by atoms with Crippen molar-refractivity contribution >= 4 is 0 Å². The van der Waals surface area contributed by atoms with E-state index in [2.05, 4.69) is 22.1 Å². The summed E-state index contributed by atoms with van der Waals surface area (Å²) < 4.78 is 0. The molecule has 0 spiro atoms. The number of nitrogens with two attached hydrogens (primary N) is 1. The summed E-state index contributed by atoms with van der Waals surface area (Å²) in [7, 11) is 0. The second-order valence-corrected chi connectivity index (χ2v) is 3.43. The number of hydrogen-bond donors (Lipinski definition) is 1. The number of rotatable bonds is 3. The molecule has 1 aromatic carbocycles. The molecule has 0 aliphatic heterocycles. The summed E-state index contributed by atoms with van der Waals surface area (Å²) in [5, 5.41) is 0. The van der Waals surface area contributed by atoms with E-state index < -0.39 is 0 Å². The number of nitrogens with zero attached hydrogens (tertiary/aromatic N) is 2. The Morgan fingerprint density at radius 3 is 2.60 bits per heavy atom. The zero-order chi connectivity index (χ0) is 10.5. The van der Waals surface area contributed by atoms with Crippen molar-refractivity contribution in [2.24, 2.45) is 5.73 Å². The Kier molecular flexibility index (Phi) is 3.05. The van der Waals surface area contributed by atoms with Crippen LogP contribution in [0.1, 0.15) is 17.3 Å². The molecule has 15 heavy (non-hydrogen) atoms. The van der Waals surface area contributed by atoms with Gasteiger partial charge < -0.3 is 5.73 Å². The van der Waals surface area contributed by atoms with Gasteiger partial charge in [0.15, 0.2) is 0 Å². The molecule has 2 aromatic rings. The van der Waals surface area contributed by atoms with Crippen molar-refractivity contribution in [1.82, 2.24) is 9.97 Å². The summed E-state index contributed by atoms with van der Waals surface area (Å²) in [5.41, 5.74) is 8.08. The lowest BCUT2D eigenvalue weighted by Gasteiger charge is -2.09. The smallest absolute Gasteiger partial charge is 0.0757 e. The predicted octanol–water partition coefficient (Wildman–Crippen LogP) is 1.72. The summed E-state index contributed by atoms with van der Waals surface area (Å²) in [6.45, 7) is 0. The third-order valence-electron chi connectivity index (χ3n) is 2.26. The lowest BCUT2D eigenvalue weighted by atomic mass is 10.0. The highest BCUT2D eigenvalue weighted by Crippen LogP contribution is 2.12. The molecule has 0 saturated carbocycles. The van der Waals surface area contributed by atoms with Crippen LogP contribution in [-0.2, 0) is 6.42 Å². The van der Waals surface area contributed by atoms with Crippen LogP contribution in [0, 0.1) is 0 Å². The molecular formula is C12H13N3. The number of benzene rings is 1. The van der Waals surface area contributed by atoms with Gasteiger partial charge in [-0.1, -0.05) is 30.3 Å². The van der Waals surface area contributed by atoms with Gasteiger partial charge in [0.2, 0.25) is 0 Å². The van der Waals surface area contributed by atoms with Gasteiger partial charge >= 0.3 is 0 Å². The lowest BCUT2D eigenvalue weighted by molar-refractivity contribution is 0.691. The molecule has 0 amide bonds. The Hall–Kier alpha value is -1.74. The molecule has 0 bridgehead atoms. The van der Waals surface area contributed by atoms with Crippen LogP contribution >= 0.6 is 0 Å². The Bertz CT molecular complexity index is 400. The minimum atomic E-state index is -0.0823. The molecule has 3 nitrogen and oxygen atoms in total. The van der Waals surface area contributed by atoms with Gasteiger partial charge in [0.1, 0.15) is 0 Å². The van der Waals surface area contributed by atoms with Crippen LogP contribution in [0.5, 0.6) is 0 Å². The molecule has 1 heterocycles. The standard InChI is InChI=1S/C12H13N3/c13-11(12-9-14-6-7-15-12)8-10-4-2-1-3-5-10/h1-7,9,11H,8,13H2/t11-/m0/s1. The fourth-order valence-corrected chi connectivity index (χ4v) is 1.47. The van der Waals surface area contributed by atoms with E-state index in [1.165, 1.54) is 5.56 Å². The zero-order valence-electron chi connectivity index (χ0n) is 8.38. The minimum absolute atomic E-state index is 0.0823. The van der Waals surface area contributed by atoms with Crippen molar-refractivity contribution in [3.8, 4) is 0 Å². The largest absolute Gasteiger partial charge is 0.322 e. The maximum absolute atomic E-state index is 6.02. The molecule has 0 fully saturated rings. The first-order chi connectivity index (χ1) is 7.36. The van der Waals surface area contributed by atoms with Gasteiger partial charge in [0.25, 0.3) is 0 Å². The van der Waals surface area contributed by atoms with E-state index in [0.29, 0.717) is 0 Å². The zero-order valence-corrected chi connectivity index (χ0v) is 8.38. The molecule has 0 unspecified atom stereocenters. The van der Waals surface area contributed by atoms with E-state index in [0.717, 1.165) is 12.1 Å². The van der Waals surface area contributed by atoms with Crippen molar-refractivity contribution < 1.29 is 0 Å². The Morgan fingerprint density at radius 1 is 1.13 bits per heavy atom. The summed E-state index contributed by atoms with van der Waals surface area (Å²) in [4.78, 5) is 8.19. The molecule has 1 atom stereocenters. The fourth-order valence-electron chi connectivity index (χ4n) is 1.47. The van der Waals surface area contributed by atoms with Gasteiger partial charge in [-0.3, -0.25) is 9.97 Å². The van der Waals surface area contributed by atoms with Crippen LogP contribution in [0.25, 0.3) is 0 Å². The van der Waals surface area contributed by atoms with Crippen LogP contribution in [0.3, 0.4) is 0 Å². The number of hydrogen-bond acceptors (Lipinski definition) is 3. The van der Waals surface area contributed by atoms with Crippen molar-refractivity contribution in [3.05, 3.63) is 60.2 Å². The van der Waals surface area contributed by atoms with E-state index in [-0.39, 0.29) is 6.04 Å². The van der Waals surface area contributed by atoms with E-state index in [1.807, 2.05) is 18.2 Å². The SMILES string of the molecule is N[C@@H](Cc1ccccc1)c1cnccn1.